The van der Waals surface area contributed by atoms with Gasteiger partial charge < -0.3 is 4.74 Å². The number of hydrogen-bond donors (Lipinski definition) is 2. The number of hydrazine groups is 1. The molecule has 1 aromatic carbocycles. The van der Waals surface area contributed by atoms with Gasteiger partial charge in [-0.1, -0.05) is 18.2 Å². The van der Waals surface area contributed by atoms with Crippen molar-refractivity contribution in [2.24, 2.45) is 5.84 Å². The third-order valence-corrected chi connectivity index (χ3v) is 4.59. The maximum Gasteiger partial charge on any atom is 0.0872 e. The fraction of sp³-hybridized carbons (Fsp3) is 0.647. The highest BCUT2D eigenvalue weighted by atomic mass is 16.5. The largest absolute Gasteiger partial charge is 0.374 e. The van der Waals surface area contributed by atoms with Gasteiger partial charge in [0.05, 0.1) is 18.8 Å². The predicted molar refractivity (Wildman–Crippen MR) is 87.2 cm³/mol. The summed E-state index contributed by atoms with van der Waals surface area (Å²) in [6.45, 7) is 11.5. The van der Waals surface area contributed by atoms with E-state index in [9.17, 15) is 0 Å². The summed E-state index contributed by atoms with van der Waals surface area (Å²) in [7, 11) is 0. The van der Waals surface area contributed by atoms with E-state index in [-0.39, 0.29) is 12.1 Å². The number of nitrogens with zero attached hydrogens (tertiary/aromatic N) is 1. The molecule has 0 saturated carbocycles. The molecule has 1 aliphatic rings. The Labute approximate surface area is 128 Å². The van der Waals surface area contributed by atoms with Crippen molar-refractivity contribution in [3.8, 4) is 0 Å². The van der Waals surface area contributed by atoms with Crippen LogP contribution < -0.4 is 11.3 Å². The number of hydrogen-bond acceptors (Lipinski definition) is 4. The lowest BCUT2D eigenvalue weighted by Gasteiger charge is -2.39. The fourth-order valence-electron chi connectivity index (χ4n) is 3.10. The lowest BCUT2D eigenvalue weighted by molar-refractivity contribution is -0.0553. The minimum absolute atomic E-state index is 0.144. The topological polar surface area (TPSA) is 50.5 Å². The van der Waals surface area contributed by atoms with Crippen LogP contribution in [0.5, 0.6) is 0 Å². The van der Waals surface area contributed by atoms with E-state index in [1.54, 1.807) is 0 Å². The van der Waals surface area contributed by atoms with E-state index < -0.39 is 0 Å². The van der Waals surface area contributed by atoms with Crippen molar-refractivity contribution in [3.63, 3.8) is 0 Å². The molecule has 0 aliphatic carbocycles. The molecule has 1 aromatic rings. The summed E-state index contributed by atoms with van der Waals surface area (Å²) in [5.74, 6) is 5.82. The Morgan fingerprint density at radius 3 is 2.57 bits per heavy atom. The normalized spacial score (nSPS) is 21.7. The average molecular weight is 291 g/mol. The Kier molecular flexibility index (Phi) is 5.76. The Hall–Kier alpha value is -0.940. The van der Waals surface area contributed by atoms with E-state index in [1.165, 1.54) is 16.7 Å². The van der Waals surface area contributed by atoms with Crippen LogP contribution in [-0.2, 0) is 11.2 Å². The first-order chi connectivity index (χ1) is 10.0. The zero-order valence-electron chi connectivity index (χ0n) is 13.7. The predicted octanol–water partition coefficient (Wildman–Crippen LogP) is 1.79. The number of morpholine rings is 1. The smallest absolute Gasteiger partial charge is 0.0872 e. The average Bonchev–Trinajstić information content (AvgIpc) is 2.47. The zero-order valence-corrected chi connectivity index (χ0v) is 13.7. The molecule has 2 rings (SSSR count). The van der Waals surface area contributed by atoms with Crippen LogP contribution in [0.3, 0.4) is 0 Å². The highest BCUT2D eigenvalue weighted by Gasteiger charge is 2.29. The number of nitrogens with two attached hydrogens (primary N) is 1. The van der Waals surface area contributed by atoms with Crippen molar-refractivity contribution in [1.82, 2.24) is 10.3 Å². The van der Waals surface area contributed by atoms with Crippen molar-refractivity contribution < 1.29 is 4.74 Å². The van der Waals surface area contributed by atoms with E-state index in [1.807, 2.05) is 0 Å². The molecule has 0 amide bonds. The molecule has 2 unspecified atom stereocenters. The van der Waals surface area contributed by atoms with Gasteiger partial charge in [-0.2, -0.15) is 0 Å². The van der Waals surface area contributed by atoms with Crippen LogP contribution >= 0.6 is 0 Å². The SMILES string of the molecule is Cc1cccc(C)c1CC(NN)C1CN(C(C)C)CCO1. The van der Waals surface area contributed by atoms with E-state index in [0.717, 1.165) is 26.1 Å². The second kappa shape index (κ2) is 7.36. The van der Waals surface area contributed by atoms with Gasteiger partial charge in [0.2, 0.25) is 0 Å². The maximum absolute atomic E-state index is 5.98. The van der Waals surface area contributed by atoms with Crippen LogP contribution in [0, 0.1) is 13.8 Å². The van der Waals surface area contributed by atoms with Gasteiger partial charge in [0, 0.05) is 19.1 Å². The molecule has 0 aromatic heterocycles. The Balaban J connectivity index is 2.09. The fourth-order valence-corrected chi connectivity index (χ4v) is 3.10. The standard InChI is InChI=1S/C17H29N3O/c1-12(2)20-8-9-21-17(11-20)16(19-18)10-15-13(3)6-5-7-14(15)4/h5-7,12,16-17,19H,8-11,18H2,1-4H3. The highest BCUT2D eigenvalue weighted by Crippen LogP contribution is 2.19. The first-order valence-corrected chi connectivity index (χ1v) is 7.89. The van der Waals surface area contributed by atoms with Gasteiger partial charge in [0.25, 0.3) is 0 Å². The molecule has 1 saturated heterocycles. The van der Waals surface area contributed by atoms with Crippen LogP contribution in [-0.4, -0.2) is 42.8 Å². The highest BCUT2D eigenvalue weighted by molar-refractivity contribution is 5.34. The number of benzene rings is 1. The summed E-state index contributed by atoms with van der Waals surface area (Å²) in [6, 6.07) is 7.13. The molecule has 21 heavy (non-hydrogen) atoms. The van der Waals surface area contributed by atoms with E-state index in [2.05, 4.69) is 56.2 Å². The van der Waals surface area contributed by atoms with E-state index in [4.69, 9.17) is 10.6 Å². The zero-order chi connectivity index (χ0) is 15.4. The van der Waals surface area contributed by atoms with Crippen LogP contribution in [0.25, 0.3) is 0 Å². The molecule has 0 bridgehead atoms. The molecular weight excluding hydrogens is 262 g/mol. The third kappa shape index (κ3) is 4.04. The summed E-state index contributed by atoms with van der Waals surface area (Å²) in [5, 5.41) is 0. The lowest BCUT2D eigenvalue weighted by Crippen LogP contribution is -2.56. The van der Waals surface area contributed by atoms with Gasteiger partial charge in [-0.05, 0) is 50.8 Å². The summed E-state index contributed by atoms with van der Waals surface area (Å²) >= 11 is 0. The second-order valence-corrected chi connectivity index (χ2v) is 6.35. The number of aryl methyl sites for hydroxylation is 2. The minimum atomic E-state index is 0.144. The number of nitrogens with one attached hydrogen (secondary N) is 1. The molecule has 1 heterocycles. The Morgan fingerprint density at radius 1 is 1.33 bits per heavy atom. The molecule has 3 N–H and O–H groups in total. The monoisotopic (exact) mass is 291 g/mol. The van der Waals surface area contributed by atoms with Crippen LogP contribution in [0.1, 0.15) is 30.5 Å². The Morgan fingerprint density at radius 2 is 2.00 bits per heavy atom. The molecule has 118 valence electrons. The third-order valence-electron chi connectivity index (χ3n) is 4.59. The van der Waals surface area contributed by atoms with Crippen molar-refractivity contribution >= 4 is 0 Å². The van der Waals surface area contributed by atoms with Crippen molar-refractivity contribution in [3.05, 3.63) is 34.9 Å². The molecule has 4 nitrogen and oxygen atoms in total. The van der Waals surface area contributed by atoms with Gasteiger partial charge in [-0.15, -0.1) is 0 Å². The van der Waals surface area contributed by atoms with E-state index in [0.29, 0.717) is 6.04 Å². The van der Waals surface area contributed by atoms with Gasteiger partial charge in [-0.25, -0.2) is 0 Å². The Bertz CT molecular complexity index is 441. The first-order valence-electron chi connectivity index (χ1n) is 7.89. The summed E-state index contributed by atoms with van der Waals surface area (Å²) < 4.78 is 5.98. The quantitative estimate of drug-likeness (QED) is 0.641. The number of rotatable bonds is 5. The van der Waals surface area contributed by atoms with Crippen molar-refractivity contribution in [2.75, 3.05) is 19.7 Å². The summed E-state index contributed by atoms with van der Waals surface area (Å²) in [6.07, 6.45) is 1.05. The lowest BCUT2D eigenvalue weighted by atomic mass is 9.93. The summed E-state index contributed by atoms with van der Waals surface area (Å²) in [4.78, 5) is 2.46. The van der Waals surface area contributed by atoms with Gasteiger partial charge in [0.1, 0.15) is 0 Å². The minimum Gasteiger partial charge on any atom is -0.374 e. The maximum atomic E-state index is 5.98. The molecule has 1 aliphatic heterocycles. The second-order valence-electron chi connectivity index (χ2n) is 6.35. The van der Waals surface area contributed by atoms with Gasteiger partial charge in [-0.3, -0.25) is 16.2 Å². The first kappa shape index (κ1) is 16.4. The number of ether oxygens (including phenoxy) is 1. The van der Waals surface area contributed by atoms with Crippen LogP contribution in [0.2, 0.25) is 0 Å². The van der Waals surface area contributed by atoms with Crippen LogP contribution in [0.4, 0.5) is 0 Å². The van der Waals surface area contributed by atoms with Crippen molar-refractivity contribution in [1.29, 1.82) is 0 Å². The van der Waals surface area contributed by atoms with E-state index >= 15 is 0 Å². The molecule has 2 atom stereocenters. The van der Waals surface area contributed by atoms with Crippen molar-refractivity contribution in [2.45, 2.75) is 52.3 Å². The van der Waals surface area contributed by atoms with Gasteiger partial charge in [0.15, 0.2) is 0 Å². The molecular formula is C17H29N3O. The summed E-state index contributed by atoms with van der Waals surface area (Å²) in [5.41, 5.74) is 7.01. The van der Waals surface area contributed by atoms with Crippen LogP contribution in [0.15, 0.2) is 18.2 Å². The molecule has 1 fully saturated rings. The molecule has 0 radical (unpaired) electrons. The molecule has 0 spiro atoms. The molecule has 4 heteroatoms. The van der Waals surface area contributed by atoms with Gasteiger partial charge >= 0.3 is 0 Å².